The van der Waals surface area contributed by atoms with Gasteiger partial charge in [0.2, 0.25) is 5.91 Å². The number of aryl methyl sites for hydroxylation is 1. The Bertz CT molecular complexity index is 736. The summed E-state index contributed by atoms with van der Waals surface area (Å²) in [6.45, 7) is 4.72. The molecule has 1 heterocycles. The second-order valence-corrected chi connectivity index (χ2v) is 6.17. The molecule has 1 aromatic heterocycles. The molecular weight excluding hydrogens is 396 g/mol. The summed E-state index contributed by atoms with van der Waals surface area (Å²) in [6, 6.07) is 5.39. The van der Waals surface area contributed by atoms with Crippen molar-refractivity contribution in [2.45, 2.75) is 26.3 Å². The van der Waals surface area contributed by atoms with Gasteiger partial charge in [0.05, 0.1) is 17.2 Å². The van der Waals surface area contributed by atoms with E-state index in [-0.39, 0.29) is 30.3 Å². The average Bonchev–Trinajstić information content (AvgIpc) is 2.54. The molecule has 1 amide bonds. The lowest BCUT2D eigenvalue weighted by Gasteiger charge is -2.08. The standard InChI is InChI=1S/C16H21BrN4O2.ClH/c1-2-6-18-7-8-19-15(22)5-9-21-11-20-14-4-3-12(17)10-13(14)16(21)23;/h3-4,10-11,18H,2,5-9H2,1H3,(H,19,22);1H. The van der Waals surface area contributed by atoms with Crippen LogP contribution in [0, 0.1) is 0 Å². The van der Waals surface area contributed by atoms with Gasteiger partial charge in [-0.2, -0.15) is 0 Å². The Hall–Kier alpha value is -1.44. The minimum Gasteiger partial charge on any atom is -0.355 e. The first-order chi connectivity index (χ1) is 11.1. The molecule has 6 nitrogen and oxygen atoms in total. The van der Waals surface area contributed by atoms with Gasteiger partial charge in [-0.05, 0) is 31.2 Å². The molecule has 0 aliphatic carbocycles. The largest absolute Gasteiger partial charge is 0.355 e. The lowest BCUT2D eigenvalue weighted by Crippen LogP contribution is -2.33. The molecule has 132 valence electrons. The Morgan fingerprint density at radius 3 is 2.83 bits per heavy atom. The van der Waals surface area contributed by atoms with E-state index in [0.717, 1.165) is 24.0 Å². The number of rotatable bonds is 8. The van der Waals surface area contributed by atoms with Crippen molar-refractivity contribution in [1.82, 2.24) is 20.2 Å². The van der Waals surface area contributed by atoms with Crippen LogP contribution in [0.15, 0.2) is 33.8 Å². The molecule has 0 atom stereocenters. The highest BCUT2D eigenvalue weighted by atomic mass is 79.9. The van der Waals surface area contributed by atoms with Crippen molar-refractivity contribution in [2.24, 2.45) is 0 Å². The van der Waals surface area contributed by atoms with E-state index in [1.54, 1.807) is 12.1 Å². The molecule has 0 unspecified atom stereocenters. The summed E-state index contributed by atoms with van der Waals surface area (Å²) in [5.74, 6) is -0.0652. The van der Waals surface area contributed by atoms with Crippen molar-refractivity contribution in [3.63, 3.8) is 0 Å². The summed E-state index contributed by atoms with van der Waals surface area (Å²) in [6.07, 6.45) is 2.82. The molecule has 2 N–H and O–H groups in total. The number of fused-ring (bicyclic) bond motifs is 1. The number of benzene rings is 1. The number of nitrogens with one attached hydrogen (secondary N) is 2. The summed E-state index contributed by atoms with van der Waals surface area (Å²) < 4.78 is 2.31. The van der Waals surface area contributed by atoms with Gasteiger partial charge < -0.3 is 10.6 Å². The molecule has 8 heteroatoms. The Balaban J connectivity index is 0.00000288. The number of halogens is 2. The Kier molecular flexibility index (Phi) is 8.95. The van der Waals surface area contributed by atoms with Gasteiger partial charge in [0.15, 0.2) is 0 Å². The quantitative estimate of drug-likeness (QED) is 0.645. The zero-order valence-electron chi connectivity index (χ0n) is 13.5. The average molecular weight is 418 g/mol. The normalized spacial score (nSPS) is 10.4. The lowest BCUT2D eigenvalue weighted by atomic mass is 10.2. The summed E-state index contributed by atoms with van der Waals surface area (Å²) in [7, 11) is 0. The zero-order valence-corrected chi connectivity index (χ0v) is 16.0. The van der Waals surface area contributed by atoms with Crippen molar-refractivity contribution >= 4 is 45.1 Å². The van der Waals surface area contributed by atoms with Crippen LogP contribution < -0.4 is 16.2 Å². The molecule has 0 saturated carbocycles. The lowest BCUT2D eigenvalue weighted by molar-refractivity contribution is -0.121. The van der Waals surface area contributed by atoms with Crippen LogP contribution >= 0.6 is 28.3 Å². The number of amides is 1. The molecule has 0 fully saturated rings. The minimum atomic E-state index is -0.131. The van der Waals surface area contributed by atoms with Crippen LogP contribution in [0.2, 0.25) is 0 Å². The van der Waals surface area contributed by atoms with Gasteiger partial charge in [-0.25, -0.2) is 4.98 Å². The predicted octanol–water partition coefficient (Wildman–Crippen LogP) is 2.09. The Labute approximate surface area is 155 Å². The van der Waals surface area contributed by atoms with E-state index in [9.17, 15) is 9.59 Å². The van der Waals surface area contributed by atoms with Crippen LogP contribution in [-0.2, 0) is 11.3 Å². The van der Waals surface area contributed by atoms with Crippen LogP contribution in [0.5, 0.6) is 0 Å². The van der Waals surface area contributed by atoms with Gasteiger partial charge in [-0.3, -0.25) is 14.2 Å². The maximum Gasteiger partial charge on any atom is 0.261 e. The fourth-order valence-corrected chi connectivity index (χ4v) is 2.55. The molecule has 1 aromatic carbocycles. The van der Waals surface area contributed by atoms with Crippen molar-refractivity contribution in [2.75, 3.05) is 19.6 Å². The molecule has 0 saturated heterocycles. The van der Waals surface area contributed by atoms with Gasteiger partial charge >= 0.3 is 0 Å². The summed E-state index contributed by atoms with van der Waals surface area (Å²) in [4.78, 5) is 28.4. The molecule has 0 bridgehead atoms. The molecule has 2 rings (SSSR count). The maximum absolute atomic E-state index is 12.4. The van der Waals surface area contributed by atoms with Crippen LogP contribution in [0.3, 0.4) is 0 Å². The summed E-state index contributed by atoms with van der Waals surface area (Å²) in [5, 5.41) is 6.59. The van der Waals surface area contributed by atoms with Gasteiger partial charge in [0.25, 0.3) is 5.56 Å². The van der Waals surface area contributed by atoms with Crippen LogP contribution in [0.25, 0.3) is 10.9 Å². The number of aromatic nitrogens is 2. The third-order valence-electron chi connectivity index (χ3n) is 3.42. The van der Waals surface area contributed by atoms with E-state index in [4.69, 9.17) is 0 Å². The van der Waals surface area contributed by atoms with E-state index < -0.39 is 0 Å². The highest BCUT2D eigenvalue weighted by Gasteiger charge is 2.07. The summed E-state index contributed by atoms with van der Waals surface area (Å²) in [5.41, 5.74) is 0.523. The molecule has 0 radical (unpaired) electrons. The van der Waals surface area contributed by atoms with Crippen molar-refractivity contribution in [1.29, 1.82) is 0 Å². The molecule has 0 aliphatic heterocycles. The first-order valence-electron chi connectivity index (χ1n) is 7.74. The number of hydrogen-bond acceptors (Lipinski definition) is 4. The molecule has 2 aromatic rings. The number of hydrogen-bond donors (Lipinski definition) is 2. The van der Waals surface area contributed by atoms with E-state index >= 15 is 0 Å². The summed E-state index contributed by atoms with van der Waals surface area (Å²) >= 11 is 3.35. The van der Waals surface area contributed by atoms with Gasteiger partial charge in [0.1, 0.15) is 0 Å². The van der Waals surface area contributed by atoms with Crippen molar-refractivity contribution < 1.29 is 4.79 Å². The fraction of sp³-hybridized carbons (Fsp3) is 0.438. The third kappa shape index (κ3) is 5.89. The molecular formula is C16H22BrClN4O2. The Morgan fingerprint density at radius 2 is 2.08 bits per heavy atom. The number of carbonyl (C=O) groups is 1. The van der Waals surface area contributed by atoms with E-state index in [0.29, 0.717) is 24.0 Å². The highest BCUT2D eigenvalue weighted by Crippen LogP contribution is 2.14. The topological polar surface area (TPSA) is 76.0 Å². The van der Waals surface area contributed by atoms with Crippen molar-refractivity contribution in [3.8, 4) is 0 Å². The molecule has 24 heavy (non-hydrogen) atoms. The minimum absolute atomic E-state index is 0. The van der Waals surface area contributed by atoms with E-state index in [1.807, 2.05) is 6.07 Å². The first kappa shape index (κ1) is 20.6. The Morgan fingerprint density at radius 1 is 1.29 bits per heavy atom. The number of carbonyl (C=O) groups excluding carboxylic acids is 1. The second-order valence-electron chi connectivity index (χ2n) is 5.25. The second kappa shape index (κ2) is 10.4. The SMILES string of the molecule is CCCNCCNC(=O)CCn1cnc2ccc(Br)cc2c1=O.Cl. The highest BCUT2D eigenvalue weighted by molar-refractivity contribution is 9.10. The van der Waals surface area contributed by atoms with Gasteiger partial charge in [-0.15, -0.1) is 12.4 Å². The van der Waals surface area contributed by atoms with Crippen molar-refractivity contribution in [3.05, 3.63) is 39.4 Å². The fourth-order valence-electron chi connectivity index (χ4n) is 2.19. The maximum atomic E-state index is 12.4. The molecule has 0 spiro atoms. The van der Waals surface area contributed by atoms with E-state index in [1.165, 1.54) is 10.9 Å². The van der Waals surface area contributed by atoms with Crippen LogP contribution in [0.1, 0.15) is 19.8 Å². The zero-order chi connectivity index (χ0) is 16.7. The van der Waals surface area contributed by atoms with E-state index in [2.05, 4.69) is 38.5 Å². The van der Waals surface area contributed by atoms with Crippen LogP contribution in [-0.4, -0.2) is 35.1 Å². The smallest absolute Gasteiger partial charge is 0.261 e. The number of nitrogens with zero attached hydrogens (tertiary/aromatic N) is 2. The van der Waals surface area contributed by atoms with Gasteiger partial charge in [0, 0.05) is 30.5 Å². The monoisotopic (exact) mass is 416 g/mol. The van der Waals surface area contributed by atoms with Crippen LogP contribution in [0.4, 0.5) is 0 Å². The predicted molar refractivity (Wildman–Crippen MR) is 102 cm³/mol. The van der Waals surface area contributed by atoms with Gasteiger partial charge in [-0.1, -0.05) is 22.9 Å². The molecule has 0 aliphatic rings. The first-order valence-corrected chi connectivity index (χ1v) is 8.53. The third-order valence-corrected chi connectivity index (χ3v) is 3.91.